The summed E-state index contributed by atoms with van der Waals surface area (Å²) < 4.78 is 13.4. The SMILES string of the molecule is O=C(O)C(F)Sc1ccc(Br)cn1. The minimum Gasteiger partial charge on any atom is -0.478 e. The number of pyridine rings is 1. The van der Waals surface area contributed by atoms with Crippen LogP contribution in [-0.4, -0.2) is 21.6 Å². The third kappa shape index (κ3) is 3.31. The van der Waals surface area contributed by atoms with E-state index in [9.17, 15) is 9.18 Å². The smallest absolute Gasteiger partial charge is 0.349 e. The van der Waals surface area contributed by atoms with E-state index in [0.717, 1.165) is 4.47 Å². The molecule has 1 rings (SSSR count). The molecule has 1 atom stereocenters. The highest BCUT2D eigenvalue weighted by Crippen LogP contribution is 2.23. The Labute approximate surface area is 86.5 Å². The van der Waals surface area contributed by atoms with Gasteiger partial charge in [-0.05, 0) is 28.1 Å². The second-order valence-corrected chi connectivity index (χ2v) is 4.07. The molecule has 0 saturated carbocycles. The lowest BCUT2D eigenvalue weighted by Crippen LogP contribution is -2.09. The molecule has 0 radical (unpaired) electrons. The minimum absolute atomic E-state index is 0.345. The lowest BCUT2D eigenvalue weighted by Gasteiger charge is -2.01. The topological polar surface area (TPSA) is 50.2 Å². The monoisotopic (exact) mass is 265 g/mol. The van der Waals surface area contributed by atoms with Crippen molar-refractivity contribution in [3.8, 4) is 0 Å². The molecule has 0 aromatic carbocycles. The van der Waals surface area contributed by atoms with Crippen LogP contribution in [0.15, 0.2) is 27.8 Å². The first-order valence-electron chi connectivity index (χ1n) is 3.24. The summed E-state index contributed by atoms with van der Waals surface area (Å²) in [6, 6.07) is 3.22. The Kier molecular flexibility index (Phi) is 3.68. The van der Waals surface area contributed by atoms with Crippen LogP contribution in [0, 0.1) is 0 Å². The fourth-order valence-electron chi connectivity index (χ4n) is 0.588. The maximum Gasteiger partial charge on any atom is 0.349 e. The van der Waals surface area contributed by atoms with Gasteiger partial charge in [0, 0.05) is 10.7 Å². The average Bonchev–Trinajstić information content (AvgIpc) is 2.08. The van der Waals surface area contributed by atoms with Gasteiger partial charge in [-0.1, -0.05) is 11.8 Å². The van der Waals surface area contributed by atoms with Crippen LogP contribution >= 0.6 is 27.7 Å². The molecule has 70 valence electrons. The second kappa shape index (κ2) is 4.57. The molecule has 0 bridgehead atoms. The van der Waals surface area contributed by atoms with Gasteiger partial charge in [-0.25, -0.2) is 14.2 Å². The predicted molar refractivity (Wildman–Crippen MR) is 50.3 cm³/mol. The Morgan fingerprint density at radius 3 is 2.85 bits per heavy atom. The number of aliphatic carboxylic acids is 1. The van der Waals surface area contributed by atoms with Crippen LogP contribution in [0.3, 0.4) is 0 Å². The molecule has 13 heavy (non-hydrogen) atoms. The highest BCUT2D eigenvalue weighted by atomic mass is 79.9. The zero-order valence-corrected chi connectivity index (χ0v) is 8.68. The van der Waals surface area contributed by atoms with Gasteiger partial charge in [-0.15, -0.1) is 0 Å². The van der Waals surface area contributed by atoms with E-state index < -0.39 is 11.5 Å². The van der Waals surface area contributed by atoms with Crippen molar-refractivity contribution in [1.29, 1.82) is 0 Å². The number of nitrogens with zero attached hydrogens (tertiary/aromatic N) is 1. The van der Waals surface area contributed by atoms with Gasteiger partial charge >= 0.3 is 5.97 Å². The van der Waals surface area contributed by atoms with E-state index in [4.69, 9.17) is 5.11 Å². The van der Waals surface area contributed by atoms with Crippen LogP contribution in [0.5, 0.6) is 0 Å². The van der Waals surface area contributed by atoms with Crippen molar-refractivity contribution in [3.05, 3.63) is 22.8 Å². The number of carbonyl (C=O) groups is 1. The number of rotatable bonds is 3. The number of aromatic nitrogens is 1. The van der Waals surface area contributed by atoms with Gasteiger partial charge in [0.15, 0.2) is 0 Å². The third-order valence-corrected chi connectivity index (χ3v) is 2.48. The zero-order chi connectivity index (χ0) is 9.84. The van der Waals surface area contributed by atoms with Gasteiger partial charge in [-0.2, -0.15) is 0 Å². The first-order chi connectivity index (χ1) is 6.09. The molecule has 1 aromatic rings. The molecule has 1 heterocycles. The fraction of sp³-hybridized carbons (Fsp3) is 0.143. The maximum absolute atomic E-state index is 12.6. The molecular weight excluding hydrogens is 261 g/mol. The summed E-state index contributed by atoms with van der Waals surface area (Å²) in [5, 5.41) is 8.61. The maximum atomic E-state index is 12.6. The summed E-state index contributed by atoms with van der Waals surface area (Å²) in [6.45, 7) is 0. The summed E-state index contributed by atoms with van der Waals surface area (Å²) in [4.78, 5) is 14.0. The molecule has 1 N–H and O–H groups in total. The molecule has 0 aliphatic carbocycles. The van der Waals surface area contributed by atoms with Gasteiger partial charge in [-0.3, -0.25) is 0 Å². The summed E-state index contributed by atoms with van der Waals surface area (Å²) >= 11 is 3.72. The molecule has 1 aromatic heterocycles. The molecule has 3 nitrogen and oxygen atoms in total. The number of carboxylic acid groups (broad SMARTS) is 1. The Morgan fingerprint density at radius 1 is 1.69 bits per heavy atom. The molecule has 0 amide bonds. The largest absolute Gasteiger partial charge is 0.478 e. The summed E-state index contributed by atoms with van der Waals surface area (Å²) in [7, 11) is 0. The van der Waals surface area contributed by atoms with Gasteiger partial charge in [0.05, 0.1) is 5.03 Å². The first-order valence-corrected chi connectivity index (χ1v) is 4.92. The van der Waals surface area contributed by atoms with Crippen molar-refractivity contribution in [1.82, 2.24) is 4.98 Å². The van der Waals surface area contributed by atoms with E-state index in [2.05, 4.69) is 20.9 Å². The van der Waals surface area contributed by atoms with E-state index in [1.807, 2.05) is 0 Å². The third-order valence-electron chi connectivity index (χ3n) is 1.12. The molecular formula is C7H5BrFNO2S. The van der Waals surface area contributed by atoms with Gasteiger partial charge in [0.25, 0.3) is 0 Å². The number of hydrogen-bond acceptors (Lipinski definition) is 3. The standard InChI is InChI=1S/C7H5BrFNO2S/c8-4-1-2-5(10-3-4)13-6(9)7(11)12/h1-3,6H,(H,11,12). The van der Waals surface area contributed by atoms with E-state index in [-0.39, 0.29) is 0 Å². The number of carboxylic acids is 1. The van der Waals surface area contributed by atoms with E-state index >= 15 is 0 Å². The van der Waals surface area contributed by atoms with Crippen molar-refractivity contribution in [2.24, 2.45) is 0 Å². The molecule has 0 spiro atoms. The predicted octanol–water partition coefficient (Wildman–Crippen LogP) is 2.32. The van der Waals surface area contributed by atoms with Crippen LogP contribution in [0.2, 0.25) is 0 Å². The highest BCUT2D eigenvalue weighted by molar-refractivity contribution is 9.10. The summed E-state index contributed by atoms with van der Waals surface area (Å²) in [5.74, 6) is -1.49. The normalized spacial score (nSPS) is 12.5. The number of alkyl halides is 1. The molecule has 6 heteroatoms. The van der Waals surface area contributed by atoms with Gasteiger partial charge in [0.1, 0.15) is 0 Å². The number of thioether (sulfide) groups is 1. The van der Waals surface area contributed by atoms with Crippen molar-refractivity contribution in [2.75, 3.05) is 0 Å². The quantitative estimate of drug-likeness (QED) is 0.853. The van der Waals surface area contributed by atoms with Crippen LogP contribution in [0.1, 0.15) is 0 Å². The van der Waals surface area contributed by atoms with Crippen molar-refractivity contribution < 1.29 is 14.3 Å². The Balaban J connectivity index is 2.64. The highest BCUT2D eigenvalue weighted by Gasteiger charge is 2.17. The molecule has 0 saturated heterocycles. The average molecular weight is 266 g/mol. The van der Waals surface area contributed by atoms with Gasteiger partial charge < -0.3 is 5.11 Å². The van der Waals surface area contributed by atoms with E-state index in [1.54, 1.807) is 12.1 Å². The van der Waals surface area contributed by atoms with E-state index in [1.165, 1.54) is 6.20 Å². The molecule has 1 unspecified atom stereocenters. The van der Waals surface area contributed by atoms with Crippen molar-refractivity contribution in [3.63, 3.8) is 0 Å². The summed E-state index contributed by atoms with van der Waals surface area (Å²) in [6.07, 6.45) is 1.48. The van der Waals surface area contributed by atoms with Crippen molar-refractivity contribution >= 4 is 33.7 Å². The first kappa shape index (κ1) is 10.5. The number of halogens is 2. The minimum atomic E-state index is -1.96. The number of hydrogen-bond donors (Lipinski definition) is 1. The Bertz CT molecular complexity index is 306. The molecule has 0 fully saturated rings. The van der Waals surface area contributed by atoms with Crippen LogP contribution < -0.4 is 0 Å². The Morgan fingerprint density at radius 2 is 2.38 bits per heavy atom. The van der Waals surface area contributed by atoms with Crippen LogP contribution in [0.4, 0.5) is 4.39 Å². The summed E-state index contributed by atoms with van der Waals surface area (Å²) in [5.41, 5.74) is -1.96. The molecule has 0 aliphatic heterocycles. The molecule has 0 aliphatic rings. The van der Waals surface area contributed by atoms with Crippen molar-refractivity contribution in [2.45, 2.75) is 10.5 Å². The lowest BCUT2D eigenvalue weighted by molar-refractivity contribution is -0.139. The van der Waals surface area contributed by atoms with Crippen LogP contribution in [0.25, 0.3) is 0 Å². The Hall–Kier alpha value is -0.620. The van der Waals surface area contributed by atoms with Crippen LogP contribution in [-0.2, 0) is 4.79 Å². The fourth-order valence-corrected chi connectivity index (χ4v) is 1.40. The second-order valence-electron chi connectivity index (χ2n) is 2.09. The zero-order valence-electron chi connectivity index (χ0n) is 6.28. The lowest BCUT2D eigenvalue weighted by atomic mass is 10.5. The van der Waals surface area contributed by atoms with Gasteiger partial charge in [0.2, 0.25) is 5.50 Å². The van der Waals surface area contributed by atoms with E-state index in [0.29, 0.717) is 16.8 Å².